The molecule has 4 heteroatoms. The number of hydrogen-bond donors (Lipinski definition) is 1. The van der Waals surface area contributed by atoms with Gasteiger partial charge in [-0.1, -0.05) is 30.3 Å². The minimum absolute atomic E-state index is 0.0251. The Balaban J connectivity index is 1.45. The van der Waals surface area contributed by atoms with E-state index in [4.69, 9.17) is 4.74 Å². The molecule has 1 heterocycles. The molecule has 1 saturated carbocycles. The van der Waals surface area contributed by atoms with Crippen molar-refractivity contribution in [3.63, 3.8) is 0 Å². The molecule has 118 valence electrons. The van der Waals surface area contributed by atoms with Gasteiger partial charge < -0.3 is 9.84 Å². The van der Waals surface area contributed by atoms with Crippen LogP contribution in [0.1, 0.15) is 37.7 Å². The average Bonchev–Trinajstić information content (AvgIpc) is 2.99. The first-order chi connectivity index (χ1) is 10.6. The number of aliphatic hydroxyl groups excluding tert-OH is 1. The number of benzene rings is 1. The molecule has 0 spiro atoms. The van der Waals surface area contributed by atoms with Crippen LogP contribution in [0.2, 0.25) is 0 Å². The lowest BCUT2D eigenvalue weighted by Crippen LogP contribution is -2.21. The predicted octanol–water partition coefficient (Wildman–Crippen LogP) is 2.28. The topological polar surface area (TPSA) is 63.6 Å². The van der Waals surface area contributed by atoms with Crippen molar-refractivity contribution in [2.24, 2.45) is 11.8 Å². The maximum absolute atomic E-state index is 12.1. The normalized spacial score (nSPS) is 30.1. The molecule has 1 aliphatic heterocycles. The smallest absolute Gasteiger partial charge is 0.306 e. The van der Waals surface area contributed by atoms with Gasteiger partial charge in [-0.2, -0.15) is 0 Å². The predicted molar refractivity (Wildman–Crippen MR) is 81.1 cm³/mol. The van der Waals surface area contributed by atoms with Crippen LogP contribution in [-0.4, -0.2) is 29.1 Å². The standard InChI is InChI=1S/C18H22O4/c19-13(7-6-12-4-2-1-3-5-12)8-9-14-15-10-18(21)22-17(15)11-16(14)20/h1-5,14-17,20H,6-11H2/t14-,15-,16-,17+/m1/s1. The third-order valence-corrected chi connectivity index (χ3v) is 4.97. The zero-order valence-corrected chi connectivity index (χ0v) is 12.6. The highest BCUT2D eigenvalue weighted by molar-refractivity contribution is 5.78. The van der Waals surface area contributed by atoms with Gasteiger partial charge in [-0.3, -0.25) is 9.59 Å². The lowest BCUT2D eigenvalue weighted by Gasteiger charge is -2.18. The summed E-state index contributed by atoms with van der Waals surface area (Å²) in [6.07, 6.45) is 2.79. The highest BCUT2D eigenvalue weighted by Gasteiger charge is 2.49. The summed E-state index contributed by atoms with van der Waals surface area (Å²) in [5.41, 5.74) is 1.17. The highest BCUT2D eigenvalue weighted by Crippen LogP contribution is 2.43. The van der Waals surface area contributed by atoms with Gasteiger partial charge in [-0.05, 0) is 24.3 Å². The van der Waals surface area contributed by atoms with Crippen molar-refractivity contribution in [2.75, 3.05) is 0 Å². The van der Waals surface area contributed by atoms with E-state index in [0.717, 1.165) is 6.42 Å². The summed E-state index contributed by atoms with van der Waals surface area (Å²) < 4.78 is 5.21. The Bertz CT molecular complexity index is 539. The van der Waals surface area contributed by atoms with Crippen molar-refractivity contribution < 1.29 is 19.4 Å². The van der Waals surface area contributed by atoms with Crippen LogP contribution in [0.25, 0.3) is 0 Å². The van der Waals surface area contributed by atoms with Crippen LogP contribution in [0.5, 0.6) is 0 Å². The van der Waals surface area contributed by atoms with E-state index in [0.29, 0.717) is 32.1 Å². The van der Waals surface area contributed by atoms with Crippen molar-refractivity contribution in [3.05, 3.63) is 35.9 Å². The number of fused-ring (bicyclic) bond motifs is 1. The summed E-state index contributed by atoms with van der Waals surface area (Å²) in [6.45, 7) is 0. The number of ketones is 1. The number of carbonyl (C=O) groups excluding carboxylic acids is 2. The van der Waals surface area contributed by atoms with Gasteiger partial charge in [-0.25, -0.2) is 0 Å². The van der Waals surface area contributed by atoms with Crippen molar-refractivity contribution >= 4 is 11.8 Å². The van der Waals surface area contributed by atoms with E-state index in [1.54, 1.807) is 0 Å². The molecular weight excluding hydrogens is 280 g/mol. The van der Waals surface area contributed by atoms with Gasteiger partial charge in [0.05, 0.1) is 12.5 Å². The molecule has 0 unspecified atom stereocenters. The second kappa shape index (κ2) is 6.61. The second-order valence-corrected chi connectivity index (χ2v) is 6.43. The molecule has 1 aliphatic carbocycles. The van der Waals surface area contributed by atoms with Gasteiger partial charge in [0.15, 0.2) is 0 Å². The summed E-state index contributed by atoms with van der Waals surface area (Å²) in [5.74, 6) is 0.189. The molecule has 2 fully saturated rings. The molecule has 4 atom stereocenters. The molecule has 0 aromatic heterocycles. The van der Waals surface area contributed by atoms with E-state index >= 15 is 0 Å². The molecule has 1 saturated heterocycles. The van der Waals surface area contributed by atoms with Crippen LogP contribution in [0.3, 0.4) is 0 Å². The second-order valence-electron chi connectivity index (χ2n) is 6.43. The molecule has 3 rings (SSSR count). The summed E-state index contributed by atoms with van der Waals surface area (Å²) in [4.78, 5) is 23.4. The van der Waals surface area contributed by atoms with Crippen molar-refractivity contribution in [1.82, 2.24) is 0 Å². The van der Waals surface area contributed by atoms with Crippen LogP contribution >= 0.6 is 0 Å². The van der Waals surface area contributed by atoms with Crippen LogP contribution in [0, 0.1) is 11.8 Å². The molecule has 22 heavy (non-hydrogen) atoms. The van der Waals surface area contributed by atoms with Gasteiger partial charge in [0.2, 0.25) is 0 Å². The largest absolute Gasteiger partial charge is 0.462 e. The van der Waals surface area contributed by atoms with Gasteiger partial charge in [0.25, 0.3) is 0 Å². The minimum atomic E-state index is -0.440. The Morgan fingerprint density at radius 1 is 1.23 bits per heavy atom. The van der Waals surface area contributed by atoms with Crippen molar-refractivity contribution in [1.29, 1.82) is 0 Å². The Hall–Kier alpha value is -1.68. The fourth-order valence-corrected chi connectivity index (χ4v) is 3.76. The van der Waals surface area contributed by atoms with Crippen LogP contribution < -0.4 is 0 Å². The number of aliphatic hydroxyl groups is 1. The average molecular weight is 302 g/mol. The van der Waals surface area contributed by atoms with E-state index < -0.39 is 6.10 Å². The Labute approximate surface area is 130 Å². The number of ether oxygens (including phenoxy) is 1. The van der Waals surface area contributed by atoms with E-state index in [1.807, 2.05) is 30.3 Å². The number of hydrogen-bond acceptors (Lipinski definition) is 4. The maximum atomic E-state index is 12.1. The number of esters is 1. The number of aryl methyl sites for hydroxylation is 1. The molecular formula is C18H22O4. The first-order valence-electron chi connectivity index (χ1n) is 8.06. The molecule has 0 radical (unpaired) electrons. The summed E-state index contributed by atoms with van der Waals surface area (Å²) >= 11 is 0. The number of Topliss-reactive ketones (excluding diaryl/α,β-unsaturated/α-hetero) is 1. The molecule has 1 aromatic carbocycles. The minimum Gasteiger partial charge on any atom is -0.462 e. The van der Waals surface area contributed by atoms with Gasteiger partial charge in [0, 0.05) is 25.2 Å². The lowest BCUT2D eigenvalue weighted by atomic mass is 9.87. The zero-order chi connectivity index (χ0) is 15.5. The fraction of sp³-hybridized carbons (Fsp3) is 0.556. The Kier molecular flexibility index (Phi) is 4.57. The van der Waals surface area contributed by atoms with Crippen LogP contribution in [0.4, 0.5) is 0 Å². The van der Waals surface area contributed by atoms with Gasteiger partial charge in [-0.15, -0.1) is 0 Å². The summed E-state index contributed by atoms with van der Waals surface area (Å²) in [7, 11) is 0. The van der Waals surface area contributed by atoms with Crippen LogP contribution in [0.15, 0.2) is 30.3 Å². The lowest BCUT2D eigenvalue weighted by molar-refractivity contribution is -0.141. The third kappa shape index (κ3) is 3.38. The molecule has 2 aliphatic rings. The van der Waals surface area contributed by atoms with E-state index in [2.05, 4.69) is 0 Å². The van der Waals surface area contributed by atoms with Gasteiger partial charge >= 0.3 is 5.97 Å². The highest BCUT2D eigenvalue weighted by atomic mass is 16.6. The fourth-order valence-electron chi connectivity index (χ4n) is 3.76. The Morgan fingerprint density at radius 2 is 2.00 bits per heavy atom. The molecule has 1 aromatic rings. The maximum Gasteiger partial charge on any atom is 0.306 e. The number of carbonyl (C=O) groups is 2. The molecule has 4 nitrogen and oxygen atoms in total. The van der Waals surface area contributed by atoms with Crippen molar-refractivity contribution in [2.45, 2.75) is 50.7 Å². The zero-order valence-electron chi connectivity index (χ0n) is 12.6. The van der Waals surface area contributed by atoms with Crippen LogP contribution in [-0.2, 0) is 20.7 Å². The summed E-state index contributed by atoms with van der Waals surface area (Å²) in [5, 5.41) is 10.1. The summed E-state index contributed by atoms with van der Waals surface area (Å²) in [6, 6.07) is 9.98. The van der Waals surface area contributed by atoms with Gasteiger partial charge in [0.1, 0.15) is 11.9 Å². The van der Waals surface area contributed by atoms with E-state index in [1.165, 1.54) is 5.56 Å². The van der Waals surface area contributed by atoms with E-state index in [9.17, 15) is 14.7 Å². The third-order valence-electron chi connectivity index (χ3n) is 4.97. The number of rotatable bonds is 6. The quantitative estimate of drug-likeness (QED) is 0.819. The first kappa shape index (κ1) is 15.2. The SMILES string of the molecule is O=C(CCc1ccccc1)CC[C@@H]1[C@H]2CC(=O)O[C@H]2C[C@H]1O. The molecule has 0 bridgehead atoms. The molecule has 1 N–H and O–H groups in total. The monoisotopic (exact) mass is 302 g/mol. The van der Waals surface area contributed by atoms with Crippen molar-refractivity contribution in [3.8, 4) is 0 Å². The first-order valence-corrected chi connectivity index (χ1v) is 8.06. The van der Waals surface area contributed by atoms with E-state index in [-0.39, 0.29) is 29.7 Å². The molecule has 0 amide bonds. The Morgan fingerprint density at radius 3 is 2.77 bits per heavy atom.